The van der Waals surface area contributed by atoms with E-state index in [2.05, 4.69) is 5.32 Å². The lowest BCUT2D eigenvalue weighted by Gasteiger charge is -2.28. The van der Waals surface area contributed by atoms with Crippen LogP contribution in [-0.2, 0) is 9.84 Å². The summed E-state index contributed by atoms with van der Waals surface area (Å²) in [6, 6.07) is 6.24. The topological polar surface area (TPSA) is 89.3 Å². The number of rotatable bonds is 4. The highest BCUT2D eigenvalue weighted by molar-refractivity contribution is 7.91. The van der Waals surface area contributed by atoms with Gasteiger partial charge in [0, 0.05) is 23.2 Å². The molecular formula is C13H18N2O4S. The fraction of sp³-hybridized carbons (Fsp3) is 0.538. The summed E-state index contributed by atoms with van der Waals surface area (Å²) in [6.07, 6.45) is 0.528. The Morgan fingerprint density at radius 1 is 1.40 bits per heavy atom. The highest BCUT2D eigenvalue weighted by Gasteiger charge is 2.39. The quantitative estimate of drug-likeness (QED) is 0.676. The summed E-state index contributed by atoms with van der Waals surface area (Å²) in [5.74, 6) is 0.241. The van der Waals surface area contributed by atoms with Gasteiger partial charge in [-0.15, -0.1) is 0 Å². The van der Waals surface area contributed by atoms with Crippen LogP contribution in [0.3, 0.4) is 0 Å². The van der Waals surface area contributed by atoms with Crippen LogP contribution in [0.25, 0.3) is 0 Å². The van der Waals surface area contributed by atoms with Crippen molar-refractivity contribution >= 4 is 15.5 Å². The standard InChI is InChI=1S/C13H18N2O4S/c1-10(11-5-3-4-6-12(11)15(16)17)14-13(2)7-8-20(18,19)9-13/h3-6,10,14H,7-9H2,1-2H3. The van der Waals surface area contributed by atoms with E-state index in [1.54, 1.807) is 18.2 Å². The van der Waals surface area contributed by atoms with Crippen LogP contribution in [0, 0.1) is 10.1 Å². The first-order chi connectivity index (χ1) is 9.22. The number of hydrogen-bond acceptors (Lipinski definition) is 5. The van der Waals surface area contributed by atoms with E-state index >= 15 is 0 Å². The van der Waals surface area contributed by atoms with E-state index in [0.29, 0.717) is 12.0 Å². The first-order valence-corrected chi connectivity index (χ1v) is 8.26. The molecular weight excluding hydrogens is 280 g/mol. The van der Waals surface area contributed by atoms with Crippen LogP contribution >= 0.6 is 0 Å². The highest BCUT2D eigenvalue weighted by atomic mass is 32.2. The molecule has 7 heteroatoms. The van der Waals surface area contributed by atoms with Gasteiger partial charge in [-0.05, 0) is 20.3 Å². The Morgan fingerprint density at radius 3 is 2.60 bits per heavy atom. The van der Waals surface area contributed by atoms with Crippen molar-refractivity contribution in [2.24, 2.45) is 0 Å². The van der Waals surface area contributed by atoms with E-state index in [1.807, 2.05) is 13.8 Å². The SMILES string of the molecule is CC(NC1(C)CCS(=O)(=O)C1)c1ccccc1[N+](=O)[O-]. The molecule has 1 N–H and O–H groups in total. The molecule has 1 saturated heterocycles. The lowest BCUT2D eigenvalue weighted by molar-refractivity contribution is -0.385. The Hall–Kier alpha value is -1.47. The van der Waals surface area contributed by atoms with Gasteiger partial charge in [0.25, 0.3) is 5.69 Å². The van der Waals surface area contributed by atoms with Gasteiger partial charge >= 0.3 is 0 Å². The van der Waals surface area contributed by atoms with Crippen molar-refractivity contribution in [3.63, 3.8) is 0 Å². The maximum Gasteiger partial charge on any atom is 0.274 e. The monoisotopic (exact) mass is 298 g/mol. The minimum Gasteiger partial charge on any atom is -0.304 e. The van der Waals surface area contributed by atoms with Crippen LogP contribution in [-0.4, -0.2) is 30.4 Å². The summed E-state index contributed by atoms with van der Waals surface area (Å²) >= 11 is 0. The first-order valence-electron chi connectivity index (χ1n) is 6.44. The molecule has 0 amide bonds. The highest BCUT2D eigenvalue weighted by Crippen LogP contribution is 2.30. The molecule has 1 fully saturated rings. The molecule has 2 atom stereocenters. The van der Waals surface area contributed by atoms with E-state index in [4.69, 9.17) is 0 Å². The number of para-hydroxylation sites is 1. The summed E-state index contributed by atoms with van der Waals surface area (Å²) in [5, 5.41) is 14.3. The third-order valence-corrected chi connectivity index (χ3v) is 5.57. The molecule has 1 aromatic rings. The molecule has 0 bridgehead atoms. The average Bonchev–Trinajstić information content (AvgIpc) is 2.63. The van der Waals surface area contributed by atoms with Gasteiger partial charge in [0.1, 0.15) is 0 Å². The predicted molar refractivity (Wildman–Crippen MR) is 76.3 cm³/mol. The average molecular weight is 298 g/mol. The second-order valence-corrected chi connectivity index (χ2v) is 7.77. The molecule has 0 radical (unpaired) electrons. The molecule has 1 aromatic carbocycles. The van der Waals surface area contributed by atoms with Gasteiger partial charge in [0.05, 0.1) is 16.4 Å². The van der Waals surface area contributed by atoms with Crippen molar-refractivity contribution < 1.29 is 13.3 Å². The number of nitrogens with zero attached hydrogens (tertiary/aromatic N) is 1. The Balaban J connectivity index is 2.21. The zero-order chi connectivity index (χ0) is 15.0. The maximum absolute atomic E-state index is 11.6. The van der Waals surface area contributed by atoms with Crippen LogP contribution in [0.15, 0.2) is 24.3 Å². The second kappa shape index (κ2) is 5.14. The van der Waals surface area contributed by atoms with Crippen LogP contribution in [0.4, 0.5) is 5.69 Å². The van der Waals surface area contributed by atoms with Gasteiger partial charge in [0.2, 0.25) is 0 Å². The number of nitro benzene ring substituents is 1. The van der Waals surface area contributed by atoms with E-state index in [-0.39, 0.29) is 23.2 Å². The normalized spacial score (nSPS) is 26.3. The first kappa shape index (κ1) is 14.9. The fourth-order valence-electron chi connectivity index (χ4n) is 2.74. The Morgan fingerprint density at radius 2 is 2.05 bits per heavy atom. The molecule has 0 aliphatic carbocycles. The van der Waals surface area contributed by atoms with Gasteiger partial charge in [-0.2, -0.15) is 0 Å². The van der Waals surface area contributed by atoms with Gasteiger partial charge in [-0.25, -0.2) is 8.42 Å². The smallest absolute Gasteiger partial charge is 0.274 e. The van der Waals surface area contributed by atoms with Crippen molar-refractivity contribution in [3.05, 3.63) is 39.9 Å². The van der Waals surface area contributed by atoms with Crippen molar-refractivity contribution in [2.75, 3.05) is 11.5 Å². The van der Waals surface area contributed by atoms with E-state index in [1.165, 1.54) is 6.07 Å². The van der Waals surface area contributed by atoms with Crippen molar-refractivity contribution in [2.45, 2.75) is 31.8 Å². The number of nitrogens with one attached hydrogen (secondary N) is 1. The molecule has 1 aliphatic rings. The van der Waals surface area contributed by atoms with E-state index < -0.39 is 20.3 Å². The Kier molecular flexibility index (Phi) is 3.84. The molecule has 1 aliphatic heterocycles. The summed E-state index contributed by atoms with van der Waals surface area (Å²) in [5.41, 5.74) is 0.0991. The van der Waals surface area contributed by atoms with Crippen LogP contribution < -0.4 is 5.32 Å². The third kappa shape index (κ3) is 3.16. The Bertz CT molecular complexity index is 629. The Labute approximate surface area is 118 Å². The summed E-state index contributed by atoms with van der Waals surface area (Å²) < 4.78 is 23.2. The second-order valence-electron chi connectivity index (χ2n) is 5.58. The van der Waals surface area contributed by atoms with E-state index in [9.17, 15) is 18.5 Å². The molecule has 2 unspecified atom stereocenters. The van der Waals surface area contributed by atoms with Crippen molar-refractivity contribution in [1.82, 2.24) is 5.32 Å². The van der Waals surface area contributed by atoms with Gasteiger partial charge in [-0.3, -0.25) is 10.1 Å². The molecule has 2 rings (SSSR count). The lowest BCUT2D eigenvalue weighted by atomic mass is 9.97. The largest absolute Gasteiger partial charge is 0.304 e. The molecule has 20 heavy (non-hydrogen) atoms. The molecule has 1 heterocycles. The zero-order valence-electron chi connectivity index (χ0n) is 11.5. The summed E-state index contributed by atoms with van der Waals surface area (Å²) in [7, 11) is -3.00. The van der Waals surface area contributed by atoms with Crippen LogP contribution in [0.5, 0.6) is 0 Å². The summed E-state index contributed by atoms with van der Waals surface area (Å²) in [6.45, 7) is 3.67. The number of sulfone groups is 1. The number of nitro groups is 1. The molecule has 0 spiro atoms. The molecule has 110 valence electrons. The lowest BCUT2D eigenvalue weighted by Crippen LogP contribution is -2.44. The molecule has 6 nitrogen and oxygen atoms in total. The van der Waals surface area contributed by atoms with E-state index in [0.717, 1.165) is 0 Å². The van der Waals surface area contributed by atoms with Crippen molar-refractivity contribution in [1.29, 1.82) is 0 Å². The van der Waals surface area contributed by atoms with Crippen LogP contribution in [0.1, 0.15) is 31.9 Å². The van der Waals surface area contributed by atoms with Gasteiger partial charge in [-0.1, -0.05) is 18.2 Å². The number of benzene rings is 1. The van der Waals surface area contributed by atoms with Gasteiger partial charge < -0.3 is 5.32 Å². The fourth-order valence-corrected chi connectivity index (χ4v) is 4.85. The predicted octanol–water partition coefficient (Wildman–Crippen LogP) is 1.82. The molecule has 0 saturated carbocycles. The van der Waals surface area contributed by atoms with Gasteiger partial charge in [0.15, 0.2) is 9.84 Å². The third-order valence-electron chi connectivity index (χ3n) is 3.67. The zero-order valence-corrected chi connectivity index (χ0v) is 12.3. The summed E-state index contributed by atoms with van der Waals surface area (Å²) in [4.78, 5) is 10.6. The maximum atomic E-state index is 11.6. The molecule has 0 aromatic heterocycles. The van der Waals surface area contributed by atoms with Crippen molar-refractivity contribution in [3.8, 4) is 0 Å². The minimum atomic E-state index is -3.00. The minimum absolute atomic E-state index is 0.0527. The van der Waals surface area contributed by atoms with Crippen LogP contribution in [0.2, 0.25) is 0 Å². The number of hydrogen-bond donors (Lipinski definition) is 1.